The van der Waals surface area contributed by atoms with E-state index in [0.29, 0.717) is 17.1 Å². The Morgan fingerprint density at radius 3 is 2.86 bits per heavy atom. The number of furan rings is 1. The highest BCUT2D eigenvalue weighted by atomic mass is 16.5. The van der Waals surface area contributed by atoms with Gasteiger partial charge in [-0.3, -0.25) is 0 Å². The van der Waals surface area contributed by atoms with Crippen molar-refractivity contribution in [2.75, 3.05) is 5.73 Å². The molecule has 0 unspecified atom stereocenters. The van der Waals surface area contributed by atoms with Gasteiger partial charge in [0.1, 0.15) is 17.1 Å². The minimum absolute atomic E-state index is 0.555. The van der Waals surface area contributed by atoms with Gasteiger partial charge in [0.05, 0.1) is 6.26 Å². The third kappa shape index (κ3) is 1.54. The highest BCUT2D eigenvalue weighted by molar-refractivity contribution is 5.71. The lowest BCUT2D eigenvalue weighted by atomic mass is 10.3. The summed E-state index contributed by atoms with van der Waals surface area (Å²) in [7, 11) is 0. The van der Waals surface area contributed by atoms with Gasteiger partial charge in [0, 0.05) is 0 Å². The topological polar surface area (TPSA) is 65.2 Å². The van der Waals surface area contributed by atoms with E-state index in [1.54, 1.807) is 25.3 Å². The fourth-order valence-electron chi connectivity index (χ4n) is 1.06. The Morgan fingerprint density at radius 2 is 2.29 bits per heavy atom. The molecule has 0 radical (unpaired) electrons. The molecule has 0 saturated carbocycles. The lowest BCUT2D eigenvalue weighted by Gasteiger charge is -1.86. The first kappa shape index (κ1) is 8.62. The number of hydrogen-bond donors (Lipinski definition) is 1. The maximum absolute atomic E-state index is 5.70. The van der Waals surface area contributed by atoms with Crippen LogP contribution in [0.1, 0.15) is 17.2 Å². The van der Waals surface area contributed by atoms with Crippen molar-refractivity contribution in [1.82, 2.24) is 5.16 Å². The summed E-state index contributed by atoms with van der Waals surface area (Å²) >= 11 is 0. The van der Waals surface area contributed by atoms with Crippen molar-refractivity contribution in [3.8, 4) is 0 Å². The first-order valence-corrected chi connectivity index (χ1v) is 4.20. The van der Waals surface area contributed by atoms with Crippen LogP contribution >= 0.6 is 0 Å². The van der Waals surface area contributed by atoms with Gasteiger partial charge >= 0.3 is 0 Å². The molecular formula is C10H10N2O2. The van der Waals surface area contributed by atoms with Crippen LogP contribution in [0.5, 0.6) is 0 Å². The summed E-state index contributed by atoms with van der Waals surface area (Å²) in [4.78, 5) is 0. The van der Waals surface area contributed by atoms with E-state index in [-0.39, 0.29) is 0 Å². The molecule has 0 aliphatic carbocycles. The molecule has 0 bridgehead atoms. The van der Waals surface area contributed by atoms with Crippen LogP contribution in [0.2, 0.25) is 0 Å². The average molecular weight is 190 g/mol. The van der Waals surface area contributed by atoms with E-state index in [9.17, 15) is 0 Å². The Hall–Kier alpha value is -1.97. The highest BCUT2D eigenvalue weighted by Gasteiger charge is 2.05. The van der Waals surface area contributed by atoms with E-state index >= 15 is 0 Å². The molecule has 14 heavy (non-hydrogen) atoms. The summed E-state index contributed by atoms with van der Waals surface area (Å²) in [6.07, 6.45) is 5.11. The van der Waals surface area contributed by atoms with Crippen LogP contribution in [0.15, 0.2) is 27.3 Å². The second-order valence-corrected chi connectivity index (χ2v) is 2.89. The standard InChI is InChI=1S/C10H10N2O2/c1-7-10(11)9(14-12-7)5-4-8-3-2-6-13-8/h2-6H,11H2,1H3. The smallest absolute Gasteiger partial charge is 0.182 e. The fraction of sp³-hybridized carbons (Fsp3) is 0.100. The van der Waals surface area contributed by atoms with Gasteiger partial charge < -0.3 is 14.7 Å². The lowest BCUT2D eigenvalue weighted by molar-refractivity contribution is 0.408. The van der Waals surface area contributed by atoms with Crippen molar-refractivity contribution < 1.29 is 8.94 Å². The summed E-state index contributed by atoms with van der Waals surface area (Å²) in [6, 6.07) is 3.66. The molecule has 0 aliphatic rings. The maximum atomic E-state index is 5.70. The van der Waals surface area contributed by atoms with E-state index < -0.39 is 0 Å². The second-order valence-electron chi connectivity index (χ2n) is 2.89. The number of anilines is 1. The van der Waals surface area contributed by atoms with Crippen LogP contribution in [-0.2, 0) is 0 Å². The third-order valence-corrected chi connectivity index (χ3v) is 1.88. The molecule has 0 atom stereocenters. The van der Waals surface area contributed by atoms with Crippen LogP contribution in [0.4, 0.5) is 5.69 Å². The quantitative estimate of drug-likeness (QED) is 0.789. The van der Waals surface area contributed by atoms with Gasteiger partial charge in [0.2, 0.25) is 0 Å². The first-order chi connectivity index (χ1) is 6.77. The summed E-state index contributed by atoms with van der Waals surface area (Å²) in [5.41, 5.74) is 6.96. The molecule has 0 amide bonds. The molecule has 2 aromatic rings. The minimum Gasteiger partial charge on any atom is -0.465 e. The molecule has 0 spiro atoms. The predicted molar refractivity (Wildman–Crippen MR) is 53.3 cm³/mol. The van der Waals surface area contributed by atoms with Gasteiger partial charge in [-0.05, 0) is 31.2 Å². The minimum atomic E-state index is 0.555. The van der Waals surface area contributed by atoms with E-state index in [0.717, 1.165) is 5.76 Å². The highest BCUT2D eigenvalue weighted by Crippen LogP contribution is 2.18. The number of rotatable bonds is 2. The average Bonchev–Trinajstić information content (AvgIpc) is 2.77. The Balaban J connectivity index is 2.23. The molecule has 2 heterocycles. The Morgan fingerprint density at radius 1 is 1.43 bits per heavy atom. The number of nitrogen functional groups attached to an aromatic ring is 1. The number of hydrogen-bond acceptors (Lipinski definition) is 4. The summed E-state index contributed by atoms with van der Waals surface area (Å²) in [5.74, 6) is 1.30. The van der Waals surface area contributed by atoms with Crippen LogP contribution in [0.3, 0.4) is 0 Å². The zero-order valence-electron chi connectivity index (χ0n) is 7.73. The Bertz CT molecular complexity index is 441. The molecule has 2 N–H and O–H groups in total. The van der Waals surface area contributed by atoms with Crippen LogP contribution in [-0.4, -0.2) is 5.16 Å². The van der Waals surface area contributed by atoms with E-state index in [1.807, 2.05) is 12.1 Å². The van der Waals surface area contributed by atoms with Crippen molar-refractivity contribution >= 4 is 17.8 Å². The number of nitrogens with zero attached hydrogens (tertiary/aromatic N) is 1. The second kappa shape index (κ2) is 3.41. The van der Waals surface area contributed by atoms with Gasteiger partial charge in [0.15, 0.2) is 5.76 Å². The summed E-state index contributed by atoms with van der Waals surface area (Å²) < 4.78 is 10.1. The van der Waals surface area contributed by atoms with Gasteiger partial charge in [-0.2, -0.15) is 0 Å². The van der Waals surface area contributed by atoms with Crippen molar-refractivity contribution in [2.45, 2.75) is 6.92 Å². The Labute approximate surface area is 81.0 Å². The van der Waals surface area contributed by atoms with Gasteiger partial charge in [-0.25, -0.2) is 0 Å². The summed E-state index contributed by atoms with van der Waals surface area (Å²) in [5, 5.41) is 3.73. The van der Waals surface area contributed by atoms with Crippen molar-refractivity contribution in [3.63, 3.8) is 0 Å². The SMILES string of the molecule is Cc1noc(C=Cc2ccco2)c1N. The zero-order chi connectivity index (χ0) is 9.97. The Kier molecular flexibility index (Phi) is 2.10. The predicted octanol–water partition coefficient (Wildman–Crippen LogP) is 2.33. The molecule has 72 valence electrons. The number of aromatic nitrogens is 1. The molecular weight excluding hydrogens is 180 g/mol. The molecule has 2 rings (SSSR count). The van der Waals surface area contributed by atoms with Gasteiger partial charge in [0.25, 0.3) is 0 Å². The van der Waals surface area contributed by atoms with Crippen molar-refractivity contribution in [2.24, 2.45) is 0 Å². The largest absolute Gasteiger partial charge is 0.465 e. The molecule has 4 nitrogen and oxygen atoms in total. The van der Waals surface area contributed by atoms with Gasteiger partial charge in [-0.15, -0.1) is 0 Å². The molecule has 4 heteroatoms. The summed E-state index contributed by atoms with van der Waals surface area (Å²) in [6.45, 7) is 1.79. The van der Waals surface area contributed by atoms with E-state index in [2.05, 4.69) is 5.16 Å². The van der Waals surface area contributed by atoms with Crippen LogP contribution in [0.25, 0.3) is 12.2 Å². The molecule has 0 saturated heterocycles. The lowest BCUT2D eigenvalue weighted by Crippen LogP contribution is -1.86. The van der Waals surface area contributed by atoms with Gasteiger partial charge in [-0.1, -0.05) is 5.16 Å². The van der Waals surface area contributed by atoms with Crippen molar-refractivity contribution in [1.29, 1.82) is 0 Å². The number of aryl methyl sites for hydroxylation is 1. The molecule has 2 aromatic heterocycles. The molecule has 0 aliphatic heterocycles. The van der Waals surface area contributed by atoms with E-state index in [1.165, 1.54) is 0 Å². The molecule has 0 fully saturated rings. The van der Waals surface area contributed by atoms with Crippen LogP contribution in [0, 0.1) is 6.92 Å². The van der Waals surface area contributed by atoms with Crippen LogP contribution < -0.4 is 5.73 Å². The normalized spacial score (nSPS) is 11.2. The maximum Gasteiger partial charge on any atom is 0.182 e. The third-order valence-electron chi connectivity index (χ3n) is 1.88. The molecule has 0 aromatic carbocycles. The van der Waals surface area contributed by atoms with Crippen molar-refractivity contribution in [3.05, 3.63) is 35.6 Å². The van der Waals surface area contributed by atoms with E-state index in [4.69, 9.17) is 14.7 Å². The number of nitrogens with two attached hydrogens (primary N) is 1. The first-order valence-electron chi connectivity index (χ1n) is 4.20. The zero-order valence-corrected chi connectivity index (χ0v) is 7.73. The fourth-order valence-corrected chi connectivity index (χ4v) is 1.06. The monoisotopic (exact) mass is 190 g/mol.